The van der Waals surface area contributed by atoms with Crippen LogP contribution in [0.3, 0.4) is 0 Å². The van der Waals surface area contributed by atoms with Gasteiger partial charge in [0, 0.05) is 17.3 Å². The number of nitrogens with two attached hydrogens (primary N) is 1. The van der Waals surface area contributed by atoms with Gasteiger partial charge in [-0.1, -0.05) is 19.9 Å². The molecule has 0 saturated carbocycles. The highest BCUT2D eigenvalue weighted by Gasteiger charge is 2.15. The minimum absolute atomic E-state index is 0.286. The molecule has 3 N–H and O–H groups in total. The standard InChI is InChI=1S/C14H19N5O/c1-8(2)12-9(3)16-13(18-14(12)19-15)10-6-5-7-11(17-10)20-4/h5-8H,15H2,1-4H3,(H,16,18,19). The van der Waals surface area contributed by atoms with Crippen LogP contribution in [0, 0.1) is 6.92 Å². The number of aryl methyl sites for hydroxylation is 1. The van der Waals surface area contributed by atoms with E-state index >= 15 is 0 Å². The molecule has 0 unspecified atom stereocenters. The van der Waals surface area contributed by atoms with Crippen molar-refractivity contribution in [2.45, 2.75) is 26.7 Å². The first kappa shape index (κ1) is 14.2. The molecular weight excluding hydrogens is 254 g/mol. The van der Waals surface area contributed by atoms with Crippen LogP contribution in [-0.2, 0) is 0 Å². The minimum atomic E-state index is 0.286. The van der Waals surface area contributed by atoms with E-state index < -0.39 is 0 Å². The summed E-state index contributed by atoms with van der Waals surface area (Å²) in [5, 5.41) is 0. The van der Waals surface area contributed by atoms with Gasteiger partial charge in [-0.2, -0.15) is 0 Å². The van der Waals surface area contributed by atoms with Gasteiger partial charge in [0.2, 0.25) is 5.88 Å². The smallest absolute Gasteiger partial charge is 0.213 e. The second-order valence-electron chi connectivity index (χ2n) is 4.76. The number of methoxy groups -OCH3 is 1. The van der Waals surface area contributed by atoms with Crippen LogP contribution in [0.5, 0.6) is 5.88 Å². The average Bonchev–Trinajstić information content (AvgIpc) is 2.45. The minimum Gasteiger partial charge on any atom is -0.481 e. The first-order valence-corrected chi connectivity index (χ1v) is 6.43. The molecule has 0 atom stereocenters. The highest BCUT2D eigenvalue weighted by Crippen LogP contribution is 2.27. The molecule has 0 spiro atoms. The Morgan fingerprint density at radius 1 is 1.20 bits per heavy atom. The number of pyridine rings is 1. The van der Waals surface area contributed by atoms with Crippen molar-refractivity contribution in [3.05, 3.63) is 29.5 Å². The molecule has 0 radical (unpaired) electrons. The number of rotatable bonds is 4. The van der Waals surface area contributed by atoms with Gasteiger partial charge in [-0.05, 0) is 18.9 Å². The van der Waals surface area contributed by atoms with Crippen molar-refractivity contribution in [1.82, 2.24) is 15.0 Å². The summed E-state index contributed by atoms with van der Waals surface area (Å²) in [6.45, 7) is 6.10. The summed E-state index contributed by atoms with van der Waals surface area (Å²) < 4.78 is 5.12. The Morgan fingerprint density at radius 3 is 2.55 bits per heavy atom. The Hall–Kier alpha value is -2.21. The molecule has 20 heavy (non-hydrogen) atoms. The zero-order chi connectivity index (χ0) is 14.7. The lowest BCUT2D eigenvalue weighted by molar-refractivity contribution is 0.398. The zero-order valence-electron chi connectivity index (χ0n) is 12.1. The summed E-state index contributed by atoms with van der Waals surface area (Å²) in [7, 11) is 1.58. The normalized spacial score (nSPS) is 10.7. The number of aromatic nitrogens is 3. The Balaban J connectivity index is 2.55. The molecule has 2 aromatic heterocycles. The lowest BCUT2D eigenvalue weighted by Gasteiger charge is -2.15. The molecule has 2 rings (SSSR count). The molecule has 2 aromatic rings. The van der Waals surface area contributed by atoms with E-state index in [1.54, 1.807) is 13.2 Å². The van der Waals surface area contributed by atoms with Gasteiger partial charge < -0.3 is 10.2 Å². The van der Waals surface area contributed by atoms with Crippen molar-refractivity contribution in [2.75, 3.05) is 12.5 Å². The summed E-state index contributed by atoms with van der Waals surface area (Å²) in [4.78, 5) is 13.3. The number of nitrogens with one attached hydrogen (secondary N) is 1. The van der Waals surface area contributed by atoms with E-state index in [1.807, 2.05) is 19.1 Å². The number of hydrogen-bond donors (Lipinski definition) is 2. The molecule has 0 saturated heterocycles. The predicted octanol–water partition coefficient (Wildman–Crippen LogP) is 2.26. The number of hydrazine groups is 1. The number of nitrogen functional groups attached to an aromatic ring is 1. The molecule has 0 aliphatic rings. The zero-order valence-corrected chi connectivity index (χ0v) is 12.1. The van der Waals surface area contributed by atoms with Crippen molar-refractivity contribution in [3.63, 3.8) is 0 Å². The van der Waals surface area contributed by atoms with Gasteiger partial charge in [-0.15, -0.1) is 0 Å². The third-order valence-electron chi connectivity index (χ3n) is 3.01. The number of hydrogen-bond acceptors (Lipinski definition) is 6. The van der Waals surface area contributed by atoms with Crippen molar-refractivity contribution in [2.24, 2.45) is 5.84 Å². The SMILES string of the molecule is COc1cccc(-c2nc(C)c(C(C)C)c(NN)n2)n1. The number of nitrogens with zero attached hydrogens (tertiary/aromatic N) is 3. The van der Waals surface area contributed by atoms with Crippen LogP contribution >= 0.6 is 0 Å². The molecule has 0 aliphatic heterocycles. The molecule has 0 amide bonds. The lowest BCUT2D eigenvalue weighted by atomic mass is 10.0. The molecule has 0 aliphatic carbocycles. The molecule has 6 heteroatoms. The predicted molar refractivity (Wildman–Crippen MR) is 78.5 cm³/mol. The third kappa shape index (κ3) is 2.70. The molecule has 2 heterocycles. The van der Waals surface area contributed by atoms with Crippen LogP contribution in [0.25, 0.3) is 11.5 Å². The van der Waals surface area contributed by atoms with E-state index in [2.05, 4.69) is 34.2 Å². The topological polar surface area (TPSA) is 86.0 Å². The van der Waals surface area contributed by atoms with Gasteiger partial charge in [-0.3, -0.25) is 0 Å². The number of ether oxygens (including phenoxy) is 1. The van der Waals surface area contributed by atoms with E-state index in [1.165, 1.54) is 0 Å². The molecule has 106 valence electrons. The lowest BCUT2D eigenvalue weighted by Crippen LogP contribution is -2.14. The molecule has 0 fully saturated rings. The van der Waals surface area contributed by atoms with Crippen molar-refractivity contribution >= 4 is 5.82 Å². The largest absolute Gasteiger partial charge is 0.481 e. The summed E-state index contributed by atoms with van der Waals surface area (Å²) in [6, 6.07) is 5.47. The van der Waals surface area contributed by atoms with Gasteiger partial charge in [0.25, 0.3) is 0 Å². The monoisotopic (exact) mass is 273 g/mol. The van der Waals surface area contributed by atoms with Gasteiger partial charge in [-0.25, -0.2) is 20.8 Å². The first-order valence-electron chi connectivity index (χ1n) is 6.43. The van der Waals surface area contributed by atoms with E-state index in [4.69, 9.17) is 10.6 Å². The van der Waals surface area contributed by atoms with Crippen molar-refractivity contribution < 1.29 is 4.74 Å². The third-order valence-corrected chi connectivity index (χ3v) is 3.01. The maximum atomic E-state index is 5.57. The van der Waals surface area contributed by atoms with E-state index in [9.17, 15) is 0 Å². The van der Waals surface area contributed by atoms with Gasteiger partial charge in [0.05, 0.1) is 7.11 Å². The molecule has 6 nitrogen and oxygen atoms in total. The van der Waals surface area contributed by atoms with Crippen LogP contribution in [0.1, 0.15) is 31.0 Å². The Bertz CT molecular complexity index is 613. The highest BCUT2D eigenvalue weighted by molar-refractivity contribution is 5.57. The fourth-order valence-corrected chi connectivity index (χ4v) is 2.15. The second-order valence-corrected chi connectivity index (χ2v) is 4.76. The maximum Gasteiger partial charge on any atom is 0.213 e. The van der Waals surface area contributed by atoms with Gasteiger partial charge in [0.15, 0.2) is 5.82 Å². The second kappa shape index (κ2) is 5.83. The molecular formula is C14H19N5O. The van der Waals surface area contributed by atoms with Crippen molar-refractivity contribution in [3.8, 4) is 17.4 Å². The first-order chi connectivity index (χ1) is 9.56. The van der Waals surface area contributed by atoms with Gasteiger partial charge in [0.1, 0.15) is 11.5 Å². The Morgan fingerprint density at radius 2 is 1.95 bits per heavy atom. The van der Waals surface area contributed by atoms with E-state index in [0.29, 0.717) is 23.2 Å². The fraction of sp³-hybridized carbons (Fsp3) is 0.357. The van der Waals surface area contributed by atoms with Crippen LogP contribution in [0.4, 0.5) is 5.82 Å². The summed E-state index contributed by atoms with van der Waals surface area (Å²) >= 11 is 0. The quantitative estimate of drug-likeness (QED) is 0.656. The van der Waals surface area contributed by atoms with Crippen LogP contribution in [0.15, 0.2) is 18.2 Å². The average molecular weight is 273 g/mol. The number of anilines is 1. The van der Waals surface area contributed by atoms with Gasteiger partial charge >= 0.3 is 0 Å². The Labute approximate surface area is 118 Å². The van der Waals surface area contributed by atoms with E-state index in [0.717, 1.165) is 11.3 Å². The molecule has 0 bridgehead atoms. The maximum absolute atomic E-state index is 5.57. The van der Waals surface area contributed by atoms with Crippen LogP contribution in [-0.4, -0.2) is 22.1 Å². The Kier molecular flexibility index (Phi) is 4.14. The van der Waals surface area contributed by atoms with E-state index in [-0.39, 0.29) is 5.92 Å². The summed E-state index contributed by atoms with van der Waals surface area (Å²) in [5.41, 5.74) is 5.20. The van der Waals surface area contributed by atoms with Crippen LogP contribution in [0.2, 0.25) is 0 Å². The van der Waals surface area contributed by atoms with Crippen LogP contribution < -0.4 is 16.0 Å². The fourth-order valence-electron chi connectivity index (χ4n) is 2.15. The summed E-state index contributed by atoms with van der Waals surface area (Å²) in [6.07, 6.45) is 0. The summed E-state index contributed by atoms with van der Waals surface area (Å²) in [5.74, 6) is 7.55. The highest BCUT2D eigenvalue weighted by atomic mass is 16.5. The molecule has 0 aromatic carbocycles. The van der Waals surface area contributed by atoms with Crippen molar-refractivity contribution in [1.29, 1.82) is 0 Å².